The van der Waals surface area contributed by atoms with Crippen LogP contribution in [0.15, 0.2) is 30.3 Å². The molecule has 2 amide bonds. The highest BCUT2D eigenvalue weighted by Gasteiger charge is 2.33. The van der Waals surface area contributed by atoms with E-state index in [4.69, 9.17) is 0 Å². The summed E-state index contributed by atoms with van der Waals surface area (Å²) in [5.74, 6) is 0. The Balaban J connectivity index is 1.83. The number of amides is 2. The van der Waals surface area contributed by atoms with Crippen LogP contribution in [0.25, 0.3) is 0 Å². The van der Waals surface area contributed by atoms with Gasteiger partial charge in [-0.2, -0.15) is 0 Å². The van der Waals surface area contributed by atoms with Crippen molar-refractivity contribution < 1.29 is 9.90 Å². The number of urea groups is 1. The van der Waals surface area contributed by atoms with Gasteiger partial charge in [-0.15, -0.1) is 0 Å². The van der Waals surface area contributed by atoms with E-state index in [1.165, 1.54) is 0 Å². The van der Waals surface area contributed by atoms with E-state index in [0.29, 0.717) is 26.1 Å². The molecule has 17 heavy (non-hydrogen) atoms. The minimum Gasteiger partial charge on any atom is -0.388 e. The lowest BCUT2D eigenvalue weighted by molar-refractivity contribution is 0.0719. The molecule has 1 unspecified atom stereocenters. The number of benzene rings is 1. The standard InChI is InChI=1S/C13H18N2O2/c1-13(17)7-8-15(10-13)12(16)14-9-11-5-3-2-4-6-11/h2-6,17H,7-10H2,1H3,(H,14,16). The third-order valence-corrected chi connectivity index (χ3v) is 3.03. The summed E-state index contributed by atoms with van der Waals surface area (Å²) in [5, 5.41) is 12.6. The first kappa shape index (κ1) is 11.9. The second-order valence-corrected chi connectivity index (χ2v) is 4.81. The summed E-state index contributed by atoms with van der Waals surface area (Å²) >= 11 is 0. The van der Waals surface area contributed by atoms with Crippen molar-refractivity contribution in [2.75, 3.05) is 13.1 Å². The Morgan fingerprint density at radius 3 is 2.76 bits per heavy atom. The molecule has 1 heterocycles. The Morgan fingerprint density at radius 1 is 1.47 bits per heavy atom. The van der Waals surface area contributed by atoms with Crippen LogP contribution < -0.4 is 5.32 Å². The largest absolute Gasteiger partial charge is 0.388 e. The quantitative estimate of drug-likeness (QED) is 0.811. The average Bonchev–Trinajstić information content (AvgIpc) is 2.68. The fourth-order valence-corrected chi connectivity index (χ4v) is 2.00. The van der Waals surface area contributed by atoms with Crippen LogP contribution in [-0.4, -0.2) is 34.7 Å². The number of carbonyl (C=O) groups excluding carboxylic acids is 1. The number of carbonyl (C=O) groups is 1. The molecular weight excluding hydrogens is 216 g/mol. The third kappa shape index (κ3) is 3.20. The summed E-state index contributed by atoms with van der Waals surface area (Å²) in [6.45, 7) is 3.32. The number of rotatable bonds is 2. The molecule has 2 rings (SSSR count). The molecule has 2 N–H and O–H groups in total. The zero-order chi connectivity index (χ0) is 12.3. The zero-order valence-corrected chi connectivity index (χ0v) is 10.0. The van der Waals surface area contributed by atoms with Gasteiger partial charge in [-0.25, -0.2) is 4.79 Å². The Kier molecular flexibility index (Phi) is 3.33. The molecular formula is C13H18N2O2. The summed E-state index contributed by atoms with van der Waals surface area (Å²) < 4.78 is 0. The molecule has 1 aliphatic heterocycles. The highest BCUT2D eigenvalue weighted by molar-refractivity contribution is 5.74. The molecule has 0 aromatic heterocycles. The lowest BCUT2D eigenvalue weighted by Gasteiger charge is -2.19. The van der Waals surface area contributed by atoms with Gasteiger partial charge in [-0.3, -0.25) is 0 Å². The van der Waals surface area contributed by atoms with Gasteiger partial charge in [0.2, 0.25) is 0 Å². The van der Waals surface area contributed by atoms with Gasteiger partial charge < -0.3 is 15.3 Å². The normalized spacial score (nSPS) is 23.8. The number of aliphatic hydroxyl groups is 1. The molecule has 1 aliphatic rings. The van der Waals surface area contributed by atoms with E-state index in [0.717, 1.165) is 5.56 Å². The Morgan fingerprint density at radius 2 is 2.18 bits per heavy atom. The van der Waals surface area contributed by atoms with E-state index >= 15 is 0 Å². The first-order valence-corrected chi connectivity index (χ1v) is 5.86. The first-order valence-electron chi connectivity index (χ1n) is 5.86. The molecule has 1 aromatic carbocycles. The SMILES string of the molecule is CC1(O)CCN(C(=O)NCc2ccccc2)C1. The molecule has 1 atom stereocenters. The van der Waals surface area contributed by atoms with E-state index in [9.17, 15) is 9.90 Å². The number of hydrogen-bond acceptors (Lipinski definition) is 2. The van der Waals surface area contributed by atoms with Crippen molar-refractivity contribution >= 4 is 6.03 Å². The molecule has 0 bridgehead atoms. The summed E-state index contributed by atoms with van der Waals surface area (Å²) in [5.41, 5.74) is 0.344. The number of nitrogens with zero attached hydrogens (tertiary/aromatic N) is 1. The highest BCUT2D eigenvalue weighted by atomic mass is 16.3. The van der Waals surface area contributed by atoms with Gasteiger partial charge >= 0.3 is 6.03 Å². The summed E-state index contributed by atoms with van der Waals surface area (Å²) in [7, 11) is 0. The second kappa shape index (κ2) is 4.75. The maximum Gasteiger partial charge on any atom is 0.317 e. The van der Waals surface area contributed by atoms with Gasteiger partial charge in [0.1, 0.15) is 0 Å². The minimum absolute atomic E-state index is 0.105. The maximum atomic E-state index is 11.8. The molecule has 1 fully saturated rings. The van der Waals surface area contributed by atoms with Crippen molar-refractivity contribution in [1.82, 2.24) is 10.2 Å². The zero-order valence-electron chi connectivity index (χ0n) is 10.0. The molecule has 0 radical (unpaired) electrons. The predicted octanol–water partition coefficient (Wildman–Crippen LogP) is 1.35. The van der Waals surface area contributed by atoms with Crippen LogP contribution in [0, 0.1) is 0 Å². The van der Waals surface area contributed by atoms with E-state index in [-0.39, 0.29) is 6.03 Å². The van der Waals surface area contributed by atoms with Crippen LogP contribution in [-0.2, 0) is 6.54 Å². The molecule has 4 heteroatoms. The molecule has 0 saturated carbocycles. The van der Waals surface area contributed by atoms with Crippen molar-refractivity contribution in [2.45, 2.75) is 25.5 Å². The van der Waals surface area contributed by atoms with Gasteiger partial charge in [0, 0.05) is 13.1 Å². The first-order chi connectivity index (χ1) is 8.07. The van der Waals surface area contributed by atoms with Gasteiger partial charge in [0.15, 0.2) is 0 Å². The van der Waals surface area contributed by atoms with Crippen molar-refractivity contribution in [3.63, 3.8) is 0 Å². The van der Waals surface area contributed by atoms with Crippen LogP contribution in [0.1, 0.15) is 18.9 Å². The molecule has 4 nitrogen and oxygen atoms in total. The predicted molar refractivity (Wildman–Crippen MR) is 65.5 cm³/mol. The number of hydrogen-bond donors (Lipinski definition) is 2. The number of β-amino-alcohol motifs (C(OH)–C–C–N with tert-alkyl or cyclic N) is 1. The van der Waals surface area contributed by atoms with Crippen LogP contribution in [0.5, 0.6) is 0 Å². The van der Waals surface area contributed by atoms with Gasteiger partial charge in [-0.1, -0.05) is 30.3 Å². The molecule has 1 saturated heterocycles. The highest BCUT2D eigenvalue weighted by Crippen LogP contribution is 2.19. The lowest BCUT2D eigenvalue weighted by Crippen LogP contribution is -2.40. The minimum atomic E-state index is -0.732. The Hall–Kier alpha value is -1.55. The van der Waals surface area contributed by atoms with E-state index in [1.807, 2.05) is 30.3 Å². The van der Waals surface area contributed by atoms with E-state index in [2.05, 4.69) is 5.32 Å². The molecule has 92 valence electrons. The fourth-order valence-electron chi connectivity index (χ4n) is 2.00. The van der Waals surface area contributed by atoms with Crippen LogP contribution in [0.4, 0.5) is 4.79 Å². The van der Waals surface area contributed by atoms with Gasteiger partial charge in [0.25, 0.3) is 0 Å². The van der Waals surface area contributed by atoms with Crippen molar-refractivity contribution in [3.8, 4) is 0 Å². The van der Waals surface area contributed by atoms with Crippen molar-refractivity contribution in [1.29, 1.82) is 0 Å². The Labute approximate surface area is 101 Å². The molecule has 0 aliphatic carbocycles. The maximum absolute atomic E-state index is 11.8. The van der Waals surface area contributed by atoms with E-state index in [1.54, 1.807) is 11.8 Å². The summed E-state index contributed by atoms with van der Waals surface area (Å²) in [6, 6.07) is 9.68. The lowest BCUT2D eigenvalue weighted by atomic mass is 10.1. The van der Waals surface area contributed by atoms with Gasteiger partial charge in [-0.05, 0) is 18.9 Å². The van der Waals surface area contributed by atoms with E-state index < -0.39 is 5.60 Å². The number of likely N-dealkylation sites (tertiary alicyclic amines) is 1. The fraction of sp³-hybridized carbons (Fsp3) is 0.462. The summed E-state index contributed by atoms with van der Waals surface area (Å²) in [4.78, 5) is 13.5. The van der Waals surface area contributed by atoms with Crippen LogP contribution in [0.2, 0.25) is 0 Å². The topological polar surface area (TPSA) is 52.6 Å². The van der Waals surface area contributed by atoms with Crippen LogP contribution in [0.3, 0.4) is 0 Å². The number of nitrogens with one attached hydrogen (secondary N) is 1. The van der Waals surface area contributed by atoms with Crippen LogP contribution >= 0.6 is 0 Å². The molecule has 1 aromatic rings. The van der Waals surface area contributed by atoms with Crippen molar-refractivity contribution in [2.24, 2.45) is 0 Å². The Bertz CT molecular complexity index is 390. The molecule has 0 spiro atoms. The monoisotopic (exact) mass is 234 g/mol. The third-order valence-electron chi connectivity index (χ3n) is 3.03. The summed E-state index contributed by atoms with van der Waals surface area (Å²) in [6.07, 6.45) is 0.645. The van der Waals surface area contributed by atoms with Crippen molar-refractivity contribution in [3.05, 3.63) is 35.9 Å². The van der Waals surface area contributed by atoms with Gasteiger partial charge in [0.05, 0.1) is 12.1 Å². The second-order valence-electron chi connectivity index (χ2n) is 4.81. The smallest absolute Gasteiger partial charge is 0.317 e. The average molecular weight is 234 g/mol.